The van der Waals surface area contributed by atoms with E-state index in [0.29, 0.717) is 27.3 Å². The molecule has 0 saturated heterocycles. The SMILES string of the molecule is CC(On1nnc2ccc(Cl)cc21)C(=O)Nc1cccc(C#N)c1. The molecule has 3 aromatic rings. The Morgan fingerprint density at radius 2 is 2.21 bits per heavy atom. The maximum absolute atomic E-state index is 12.2. The van der Waals surface area contributed by atoms with Crippen LogP contribution >= 0.6 is 11.6 Å². The van der Waals surface area contributed by atoms with Crippen LogP contribution in [-0.2, 0) is 4.79 Å². The van der Waals surface area contributed by atoms with E-state index < -0.39 is 6.10 Å². The average Bonchev–Trinajstić information content (AvgIpc) is 2.97. The van der Waals surface area contributed by atoms with Gasteiger partial charge in [-0.1, -0.05) is 22.5 Å². The minimum absolute atomic E-state index is 0.379. The van der Waals surface area contributed by atoms with E-state index in [1.807, 2.05) is 6.07 Å². The van der Waals surface area contributed by atoms with E-state index in [4.69, 9.17) is 21.7 Å². The van der Waals surface area contributed by atoms with Gasteiger partial charge in [-0.25, -0.2) is 0 Å². The van der Waals surface area contributed by atoms with Crippen LogP contribution in [0.3, 0.4) is 0 Å². The van der Waals surface area contributed by atoms with Crippen LogP contribution in [0.25, 0.3) is 11.0 Å². The molecule has 1 atom stereocenters. The Labute approximate surface area is 142 Å². The molecule has 0 aliphatic carbocycles. The van der Waals surface area contributed by atoms with Crippen LogP contribution < -0.4 is 10.2 Å². The second-order valence-electron chi connectivity index (χ2n) is 5.02. The molecule has 3 rings (SSSR count). The van der Waals surface area contributed by atoms with Gasteiger partial charge in [-0.05, 0) is 48.5 Å². The van der Waals surface area contributed by atoms with Crippen molar-refractivity contribution >= 4 is 34.2 Å². The van der Waals surface area contributed by atoms with Crippen molar-refractivity contribution in [2.24, 2.45) is 0 Å². The van der Waals surface area contributed by atoms with Crippen molar-refractivity contribution in [2.45, 2.75) is 13.0 Å². The number of anilines is 1. The zero-order valence-corrected chi connectivity index (χ0v) is 13.4. The second kappa shape index (κ2) is 6.56. The number of rotatable bonds is 4. The number of hydrogen-bond acceptors (Lipinski definition) is 5. The fraction of sp³-hybridized carbons (Fsp3) is 0.125. The van der Waals surface area contributed by atoms with Crippen LogP contribution in [0, 0.1) is 11.3 Å². The number of fused-ring (bicyclic) bond motifs is 1. The summed E-state index contributed by atoms with van der Waals surface area (Å²) in [7, 11) is 0. The van der Waals surface area contributed by atoms with Gasteiger partial charge in [0.15, 0.2) is 0 Å². The van der Waals surface area contributed by atoms with Crippen LogP contribution in [0.2, 0.25) is 5.02 Å². The summed E-state index contributed by atoms with van der Waals surface area (Å²) in [5, 5.41) is 19.9. The van der Waals surface area contributed by atoms with Gasteiger partial charge in [0.05, 0.1) is 11.6 Å². The maximum atomic E-state index is 12.2. The molecule has 0 spiro atoms. The summed E-state index contributed by atoms with van der Waals surface area (Å²) in [6.07, 6.45) is -0.834. The molecule has 0 fully saturated rings. The number of halogens is 1. The van der Waals surface area contributed by atoms with Crippen molar-refractivity contribution in [3.05, 3.63) is 53.1 Å². The minimum atomic E-state index is -0.834. The van der Waals surface area contributed by atoms with E-state index in [2.05, 4.69) is 15.6 Å². The Morgan fingerprint density at radius 1 is 1.38 bits per heavy atom. The highest BCUT2D eigenvalue weighted by Gasteiger charge is 2.17. The molecule has 8 heteroatoms. The van der Waals surface area contributed by atoms with Crippen molar-refractivity contribution in [1.82, 2.24) is 15.2 Å². The maximum Gasteiger partial charge on any atom is 0.267 e. The number of carbonyl (C=O) groups is 1. The molecule has 120 valence electrons. The number of amides is 1. The molecular formula is C16H12ClN5O2. The number of benzene rings is 2. The van der Waals surface area contributed by atoms with Gasteiger partial charge >= 0.3 is 0 Å². The molecule has 1 unspecified atom stereocenters. The summed E-state index contributed by atoms with van der Waals surface area (Å²) >= 11 is 5.95. The first kappa shape index (κ1) is 15.8. The van der Waals surface area contributed by atoms with Crippen LogP contribution in [0.1, 0.15) is 12.5 Å². The van der Waals surface area contributed by atoms with Gasteiger partial charge < -0.3 is 10.2 Å². The zero-order valence-electron chi connectivity index (χ0n) is 12.6. The van der Waals surface area contributed by atoms with Gasteiger partial charge in [-0.15, -0.1) is 5.10 Å². The Bertz CT molecular complexity index is 947. The Balaban J connectivity index is 1.73. The molecule has 0 radical (unpaired) electrons. The molecular weight excluding hydrogens is 330 g/mol. The summed E-state index contributed by atoms with van der Waals surface area (Å²) in [5.74, 6) is -0.379. The van der Waals surface area contributed by atoms with Crippen molar-refractivity contribution in [3.8, 4) is 6.07 Å². The second-order valence-corrected chi connectivity index (χ2v) is 5.46. The fourth-order valence-electron chi connectivity index (χ4n) is 2.06. The molecule has 0 aliphatic heterocycles. The number of hydrogen-bond donors (Lipinski definition) is 1. The first-order chi connectivity index (χ1) is 11.6. The fourth-order valence-corrected chi connectivity index (χ4v) is 2.22. The van der Waals surface area contributed by atoms with E-state index >= 15 is 0 Å². The number of aromatic nitrogens is 3. The largest absolute Gasteiger partial charge is 0.382 e. The average molecular weight is 342 g/mol. The lowest BCUT2D eigenvalue weighted by atomic mass is 10.2. The third kappa shape index (κ3) is 3.29. The first-order valence-electron chi connectivity index (χ1n) is 7.06. The number of nitriles is 1. The minimum Gasteiger partial charge on any atom is -0.382 e. The van der Waals surface area contributed by atoms with E-state index in [0.717, 1.165) is 4.85 Å². The van der Waals surface area contributed by atoms with Gasteiger partial charge in [0.1, 0.15) is 11.0 Å². The summed E-state index contributed by atoms with van der Waals surface area (Å²) < 4.78 is 0. The highest BCUT2D eigenvalue weighted by molar-refractivity contribution is 6.31. The molecule has 1 aromatic heterocycles. The molecule has 0 bridgehead atoms. The highest BCUT2D eigenvalue weighted by atomic mass is 35.5. The van der Waals surface area contributed by atoms with E-state index in [1.54, 1.807) is 49.4 Å². The van der Waals surface area contributed by atoms with Gasteiger partial charge in [0.25, 0.3) is 5.91 Å². The molecule has 0 saturated carbocycles. The van der Waals surface area contributed by atoms with Gasteiger partial charge in [0, 0.05) is 10.7 Å². The van der Waals surface area contributed by atoms with Crippen LogP contribution in [0.5, 0.6) is 0 Å². The Kier molecular flexibility index (Phi) is 4.31. The third-order valence-electron chi connectivity index (χ3n) is 3.26. The standard InChI is InChI=1S/C16H12ClN5O2/c1-10(16(23)19-13-4-2-3-11(7-13)9-18)24-22-15-8-12(17)5-6-14(15)20-21-22/h2-8,10H,1H3,(H,19,23). The van der Waals surface area contributed by atoms with Gasteiger partial charge in [-0.2, -0.15) is 5.26 Å². The zero-order chi connectivity index (χ0) is 17.1. The Hall–Kier alpha value is -3.11. The third-order valence-corrected chi connectivity index (χ3v) is 3.50. The van der Waals surface area contributed by atoms with E-state index in [-0.39, 0.29) is 5.91 Å². The molecule has 1 N–H and O–H groups in total. The Morgan fingerprint density at radius 3 is 3.00 bits per heavy atom. The molecule has 2 aromatic carbocycles. The quantitative estimate of drug-likeness (QED) is 0.786. The van der Waals surface area contributed by atoms with Crippen molar-refractivity contribution < 1.29 is 9.63 Å². The lowest BCUT2D eigenvalue weighted by Crippen LogP contribution is -2.35. The topological polar surface area (TPSA) is 92.8 Å². The van der Waals surface area contributed by atoms with Gasteiger partial charge in [0.2, 0.25) is 6.10 Å². The summed E-state index contributed by atoms with van der Waals surface area (Å²) in [6, 6.07) is 13.7. The van der Waals surface area contributed by atoms with Crippen molar-refractivity contribution in [3.63, 3.8) is 0 Å². The van der Waals surface area contributed by atoms with Crippen molar-refractivity contribution in [2.75, 3.05) is 5.32 Å². The monoisotopic (exact) mass is 341 g/mol. The van der Waals surface area contributed by atoms with Crippen LogP contribution in [-0.4, -0.2) is 27.2 Å². The predicted molar refractivity (Wildman–Crippen MR) is 88.4 cm³/mol. The smallest absolute Gasteiger partial charge is 0.267 e. The number of carbonyl (C=O) groups excluding carboxylic acids is 1. The van der Waals surface area contributed by atoms with E-state index in [9.17, 15) is 4.79 Å². The highest BCUT2D eigenvalue weighted by Crippen LogP contribution is 2.17. The van der Waals surface area contributed by atoms with Gasteiger partial charge in [-0.3, -0.25) is 4.79 Å². The first-order valence-corrected chi connectivity index (χ1v) is 7.44. The molecule has 24 heavy (non-hydrogen) atoms. The number of nitrogens with zero attached hydrogens (tertiary/aromatic N) is 4. The molecule has 1 amide bonds. The lowest BCUT2D eigenvalue weighted by molar-refractivity contribution is -0.127. The van der Waals surface area contributed by atoms with Crippen molar-refractivity contribution in [1.29, 1.82) is 5.26 Å². The normalized spacial score (nSPS) is 11.7. The molecule has 0 aliphatic rings. The van der Waals surface area contributed by atoms with Crippen LogP contribution in [0.15, 0.2) is 42.5 Å². The number of nitrogens with one attached hydrogen (secondary N) is 1. The molecule has 1 heterocycles. The van der Waals surface area contributed by atoms with Crippen LogP contribution in [0.4, 0.5) is 5.69 Å². The molecule has 7 nitrogen and oxygen atoms in total. The lowest BCUT2D eigenvalue weighted by Gasteiger charge is -2.14. The summed E-state index contributed by atoms with van der Waals surface area (Å²) in [5.41, 5.74) is 2.14. The van der Waals surface area contributed by atoms with E-state index in [1.165, 1.54) is 0 Å². The summed E-state index contributed by atoms with van der Waals surface area (Å²) in [6.45, 7) is 1.58. The summed E-state index contributed by atoms with van der Waals surface area (Å²) in [4.78, 5) is 18.9. The predicted octanol–water partition coefficient (Wildman–Crippen LogP) is 2.41.